The summed E-state index contributed by atoms with van der Waals surface area (Å²) in [5.74, 6) is -0.0417. The number of nitrogens with one attached hydrogen (secondary N) is 1. The van der Waals surface area contributed by atoms with Gasteiger partial charge in [-0.15, -0.1) is 11.3 Å². The molecule has 0 atom stereocenters. The number of hydrogen-bond acceptors (Lipinski definition) is 5. The van der Waals surface area contributed by atoms with Crippen molar-refractivity contribution in [2.45, 2.75) is 19.0 Å². The molecule has 4 aromatic rings. The Morgan fingerprint density at radius 1 is 1.20 bits per heavy atom. The van der Waals surface area contributed by atoms with Crippen LogP contribution in [0.25, 0.3) is 15.9 Å². The highest BCUT2D eigenvalue weighted by atomic mass is 35.5. The Bertz CT molecular complexity index is 1310. The van der Waals surface area contributed by atoms with Gasteiger partial charge in [0.05, 0.1) is 17.0 Å². The number of hydrogen-bond donors (Lipinski definition) is 1. The van der Waals surface area contributed by atoms with Crippen LogP contribution in [0.2, 0.25) is 5.02 Å². The van der Waals surface area contributed by atoms with Gasteiger partial charge in [0.25, 0.3) is 5.56 Å². The second-order valence-corrected chi connectivity index (χ2v) is 9.10. The molecular weight excluding hydrogens is 438 g/mol. The average Bonchev–Trinajstić information content (AvgIpc) is 3.17. The quantitative estimate of drug-likeness (QED) is 0.321. The van der Waals surface area contributed by atoms with Crippen LogP contribution in [-0.2, 0) is 4.79 Å². The fourth-order valence-corrected chi connectivity index (χ4v) is 4.86. The summed E-state index contributed by atoms with van der Waals surface area (Å²) in [4.78, 5) is 30.3. The van der Waals surface area contributed by atoms with Gasteiger partial charge >= 0.3 is 0 Å². The number of aromatic nitrogens is 2. The maximum atomic E-state index is 13.1. The van der Waals surface area contributed by atoms with Crippen molar-refractivity contribution in [2.75, 3.05) is 11.1 Å². The van der Waals surface area contributed by atoms with E-state index in [2.05, 4.69) is 10.3 Å². The first kappa shape index (κ1) is 20.7. The summed E-state index contributed by atoms with van der Waals surface area (Å²) in [6, 6.07) is 14.7. The summed E-state index contributed by atoms with van der Waals surface area (Å²) in [6.45, 7) is 3.97. The number of fused-ring (bicyclic) bond motifs is 1. The van der Waals surface area contributed by atoms with Crippen LogP contribution in [0.1, 0.15) is 11.1 Å². The predicted octanol–water partition coefficient (Wildman–Crippen LogP) is 5.45. The lowest BCUT2D eigenvalue weighted by molar-refractivity contribution is -0.113. The van der Waals surface area contributed by atoms with Gasteiger partial charge in [0, 0.05) is 10.7 Å². The molecule has 2 aromatic carbocycles. The highest BCUT2D eigenvalue weighted by molar-refractivity contribution is 7.99. The van der Waals surface area contributed by atoms with Gasteiger partial charge in [-0.05, 0) is 55.1 Å². The third-order valence-electron chi connectivity index (χ3n) is 4.50. The van der Waals surface area contributed by atoms with Crippen LogP contribution in [-0.4, -0.2) is 21.2 Å². The predicted molar refractivity (Wildman–Crippen MR) is 125 cm³/mol. The van der Waals surface area contributed by atoms with E-state index in [1.165, 1.54) is 27.7 Å². The van der Waals surface area contributed by atoms with Crippen molar-refractivity contribution < 1.29 is 4.79 Å². The monoisotopic (exact) mass is 455 g/mol. The second kappa shape index (κ2) is 8.63. The lowest BCUT2D eigenvalue weighted by Gasteiger charge is -2.13. The Morgan fingerprint density at radius 2 is 2.03 bits per heavy atom. The number of halogens is 1. The second-order valence-electron chi connectivity index (χ2n) is 6.81. The molecule has 0 aliphatic carbocycles. The molecule has 2 heterocycles. The van der Waals surface area contributed by atoms with Gasteiger partial charge in [-0.2, -0.15) is 0 Å². The van der Waals surface area contributed by atoms with E-state index < -0.39 is 0 Å². The minimum absolute atomic E-state index is 0.121. The summed E-state index contributed by atoms with van der Waals surface area (Å²) in [6.07, 6.45) is 0. The molecule has 0 spiro atoms. The largest absolute Gasteiger partial charge is 0.325 e. The number of nitrogens with zero attached hydrogens (tertiary/aromatic N) is 2. The van der Waals surface area contributed by atoms with Crippen molar-refractivity contribution in [3.05, 3.63) is 80.4 Å². The molecule has 2 aromatic heterocycles. The Morgan fingerprint density at radius 3 is 2.80 bits per heavy atom. The maximum absolute atomic E-state index is 13.1. The number of anilines is 1. The molecule has 0 fully saturated rings. The molecule has 0 aliphatic heterocycles. The van der Waals surface area contributed by atoms with E-state index in [0.717, 1.165) is 16.8 Å². The molecule has 1 N–H and O–H groups in total. The molecule has 0 saturated carbocycles. The van der Waals surface area contributed by atoms with Crippen molar-refractivity contribution in [2.24, 2.45) is 0 Å². The van der Waals surface area contributed by atoms with Gasteiger partial charge in [0.15, 0.2) is 5.16 Å². The van der Waals surface area contributed by atoms with Crippen LogP contribution in [0.3, 0.4) is 0 Å². The van der Waals surface area contributed by atoms with Crippen molar-refractivity contribution >= 4 is 56.5 Å². The smallest absolute Gasteiger partial charge is 0.276 e. The minimum atomic E-state index is -0.172. The first-order chi connectivity index (χ1) is 14.4. The van der Waals surface area contributed by atoms with Crippen LogP contribution < -0.4 is 10.9 Å². The Kier molecular flexibility index (Phi) is 5.94. The normalized spacial score (nSPS) is 11.0. The molecule has 152 valence electrons. The molecular formula is C22H18ClN3O2S2. The summed E-state index contributed by atoms with van der Waals surface area (Å²) in [7, 11) is 0. The molecule has 8 heteroatoms. The van der Waals surface area contributed by atoms with Crippen molar-refractivity contribution in [3.63, 3.8) is 0 Å². The number of thioether (sulfide) groups is 1. The molecule has 0 aliphatic rings. The standard InChI is InChI=1S/C22H18ClN3O2S2/c1-13-6-7-17(14(2)10-13)24-19(27)12-30-22-25-18-8-9-29-20(18)21(28)26(22)16-5-3-4-15(23)11-16/h3-11H,12H2,1-2H3,(H,24,27). The number of benzene rings is 2. The Hall–Kier alpha value is -2.61. The van der Waals surface area contributed by atoms with E-state index in [1.807, 2.05) is 43.5 Å². The molecule has 0 radical (unpaired) electrons. The highest BCUT2D eigenvalue weighted by Crippen LogP contribution is 2.25. The first-order valence-corrected chi connectivity index (χ1v) is 11.4. The SMILES string of the molecule is Cc1ccc(NC(=O)CSc2nc3ccsc3c(=O)n2-c2cccc(Cl)c2)c(C)c1. The summed E-state index contributed by atoms with van der Waals surface area (Å²) in [5.41, 5.74) is 3.99. The van der Waals surface area contributed by atoms with Gasteiger partial charge in [0.1, 0.15) is 4.70 Å². The zero-order valence-electron chi connectivity index (χ0n) is 16.3. The van der Waals surface area contributed by atoms with Crippen molar-refractivity contribution in [1.29, 1.82) is 0 Å². The lowest BCUT2D eigenvalue weighted by Crippen LogP contribution is -2.22. The zero-order chi connectivity index (χ0) is 21.3. The van der Waals surface area contributed by atoms with Crippen molar-refractivity contribution in [3.8, 4) is 5.69 Å². The summed E-state index contributed by atoms with van der Waals surface area (Å²) in [5, 5.41) is 5.74. The molecule has 0 bridgehead atoms. The molecule has 4 rings (SSSR count). The third kappa shape index (κ3) is 4.28. The third-order valence-corrected chi connectivity index (χ3v) is 6.57. The number of amides is 1. The number of thiophene rings is 1. The Balaban J connectivity index is 1.64. The van der Waals surface area contributed by atoms with Crippen LogP contribution in [0.5, 0.6) is 0 Å². The van der Waals surface area contributed by atoms with E-state index in [9.17, 15) is 9.59 Å². The number of carbonyl (C=O) groups is 1. The Labute approximate surface area is 186 Å². The van der Waals surface area contributed by atoms with Crippen LogP contribution >= 0.6 is 34.7 Å². The fourth-order valence-electron chi connectivity index (χ4n) is 3.10. The van der Waals surface area contributed by atoms with E-state index in [-0.39, 0.29) is 17.2 Å². The van der Waals surface area contributed by atoms with Gasteiger partial charge < -0.3 is 5.32 Å². The molecule has 30 heavy (non-hydrogen) atoms. The molecule has 1 amide bonds. The van der Waals surface area contributed by atoms with Crippen LogP contribution in [0.15, 0.2) is 63.9 Å². The van der Waals surface area contributed by atoms with Crippen LogP contribution in [0, 0.1) is 13.8 Å². The van der Waals surface area contributed by atoms with E-state index in [4.69, 9.17) is 11.6 Å². The molecule has 0 saturated heterocycles. The molecule has 0 unspecified atom stereocenters. The zero-order valence-corrected chi connectivity index (χ0v) is 18.7. The minimum Gasteiger partial charge on any atom is -0.325 e. The maximum Gasteiger partial charge on any atom is 0.276 e. The van der Waals surface area contributed by atoms with E-state index >= 15 is 0 Å². The first-order valence-electron chi connectivity index (χ1n) is 9.18. The van der Waals surface area contributed by atoms with Gasteiger partial charge in [-0.25, -0.2) is 4.98 Å². The van der Waals surface area contributed by atoms with Crippen LogP contribution in [0.4, 0.5) is 5.69 Å². The number of carbonyl (C=O) groups excluding carboxylic acids is 1. The average molecular weight is 456 g/mol. The van der Waals surface area contributed by atoms with Gasteiger partial charge in [-0.1, -0.05) is 47.1 Å². The van der Waals surface area contributed by atoms with Crippen molar-refractivity contribution in [1.82, 2.24) is 9.55 Å². The van der Waals surface area contributed by atoms with E-state index in [1.54, 1.807) is 24.3 Å². The fraction of sp³-hybridized carbons (Fsp3) is 0.136. The number of rotatable bonds is 5. The topological polar surface area (TPSA) is 64.0 Å². The highest BCUT2D eigenvalue weighted by Gasteiger charge is 2.16. The number of aryl methyl sites for hydroxylation is 2. The van der Waals surface area contributed by atoms with Gasteiger partial charge in [-0.3, -0.25) is 14.2 Å². The van der Waals surface area contributed by atoms with E-state index in [0.29, 0.717) is 26.1 Å². The summed E-state index contributed by atoms with van der Waals surface area (Å²) >= 11 is 8.70. The lowest BCUT2D eigenvalue weighted by atomic mass is 10.1. The summed E-state index contributed by atoms with van der Waals surface area (Å²) < 4.78 is 2.08. The molecule has 5 nitrogen and oxygen atoms in total. The van der Waals surface area contributed by atoms with Gasteiger partial charge in [0.2, 0.25) is 5.91 Å².